The summed E-state index contributed by atoms with van der Waals surface area (Å²) in [6, 6.07) is 7.50. The van der Waals surface area contributed by atoms with Gasteiger partial charge in [-0.15, -0.1) is 0 Å². The molecule has 0 aromatic heterocycles. The highest BCUT2D eigenvalue weighted by atomic mass is 19.4. The van der Waals surface area contributed by atoms with E-state index < -0.39 is 12.7 Å². The third kappa shape index (κ3) is 5.51. The molecule has 5 heteroatoms. The highest BCUT2D eigenvalue weighted by Crippen LogP contribution is 2.21. The van der Waals surface area contributed by atoms with Crippen molar-refractivity contribution >= 4 is 0 Å². The summed E-state index contributed by atoms with van der Waals surface area (Å²) in [5.41, 5.74) is 7.60. The predicted octanol–water partition coefficient (Wildman–Crippen LogP) is 3.52. The Kier molecular flexibility index (Phi) is 6.02. The van der Waals surface area contributed by atoms with Crippen LogP contribution in [-0.4, -0.2) is 30.2 Å². The Morgan fingerprint density at radius 3 is 2.05 bits per heavy atom. The van der Waals surface area contributed by atoms with Gasteiger partial charge in [0.1, 0.15) is 0 Å². The zero-order valence-electron chi connectivity index (χ0n) is 12.2. The summed E-state index contributed by atoms with van der Waals surface area (Å²) in [5.74, 6) is 0.264. The predicted molar refractivity (Wildman–Crippen MR) is 75.5 cm³/mol. The fourth-order valence-corrected chi connectivity index (χ4v) is 1.97. The van der Waals surface area contributed by atoms with Gasteiger partial charge in [0.05, 0.1) is 6.54 Å². The summed E-state index contributed by atoms with van der Waals surface area (Å²) in [6.07, 6.45) is -4.17. The molecule has 1 rings (SSSR count). The van der Waals surface area contributed by atoms with Crippen molar-refractivity contribution < 1.29 is 13.2 Å². The molecule has 0 saturated carbocycles. The molecular formula is C15H23F3N2. The molecule has 1 aromatic rings. The molecule has 0 radical (unpaired) electrons. The van der Waals surface area contributed by atoms with Crippen LogP contribution >= 0.6 is 0 Å². The molecule has 0 aliphatic heterocycles. The second-order valence-electron chi connectivity index (χ2n) is 5.49. The number of nitrogens with zero attached hydrogens (tertiary/aromatic N) is 1. The van der Waals surface area contributed by atoms with Gasteiger partial charge in [0.2, 0.25) is 0 Å². The Balaban J connectivity index is 2.74. The normalized spacial score (nSPS) is 14.1. The Labute approximate surface area is 118 Å². The first-order valence-corrected chi connectivity index (χ1v) is 6.82. The highest BCUT2D eigenvalue weighted by molar-refractivity contribution is 5.25. The van der Waals surface area contributed by atoms with Crippen LogP contribution in [0.5, 0.6) is 0 Å². The lowest BCUT2D eigenvalue weighted by atomic mass is 10.00. The van der Waals surface area contributed by atoms with E-state index in [1.54, 1.807) is 13.8 Å². The second-order valence-corrected chi connectivity index (χ2v) is 5.49. The molecule has 1 aromatic carbocycles. The lowest BCUT2D eigenvalue weighted by Crippen LogP contribution is -2.38. The SMILES string of the molecule is CC(CN)c1ccc(CN(CC(F)(F)F)C(C)C)cc1. The van der Waals surface area contributed by atoms with Gasteiger partial charge in [0, 0.05) is 12.6 Å². The maximum Gasteiger partial charge on any atom is 0.401 e. The van der Waals surface area contributed by atoms with E-state index in [1.165, 1.54) is 4.90 Å². The zero-order chi connectivity index (χ0) is 15.3. The molecule has 0 saturated heterocycles. The smallest absolute Gasteiger partial charge is 0.330 e. The average Bonchev–Trinajstić information content (AvgIpc) is 2.36. The number of hydrogen-bond donors (Lipinski definition) is 1. The fourth-order valence-electron chi connectivity index (χ4n) is 1.97. The first-order valence-electron chi connectivity index (χ1n) is 6.82. The molecule has 114 valence electrons. The van der Waals surface area contributed by atoms with E-state index in [9.17, 15) is 13.2 Å². The van der Waals surface area contributed by atoms with Crippen molar-refractivity contribution in [2.24, 2.45) is 5.73 Å². The van der Waals surface area contributed by atoms with Gasteiger partial charge >= 0.3 is 6.18 Å². The summed E-state index contributed by atoms with van der Waals surface area (Å²) < 4.78 is 37.6. The van der Waals surface area contributed by atoms with Gasteiger partial charge in [-0.1, -0.05) is 31.2 Å². The number of benzene rings is 1. The third-order valence-corrected chi connectivity index (χ3v) is 3.40. The van der Waals surface area contributed by atoms with Gasteiger partial charge < -0.3 is 5.73 Å². The van der Waals surface area contributed by atoms with Crippen LogP contribution in [0.25, 0.3) is 0 Å². The number of halogens is 3. The molecule has 2 nitrogen and oxygen atoms in total. The van der Waals surface area contributed by atoms with Crippen molar-refractivity contribution in [1.29, 1.82) is 0 Å². The summed E-state index contributed by atoms with van der Waals surface area (Å²) >= 11 is 0. The minimum atomic E-state index is -4.17. The van der Waals surface area contributed by atoms with Crippen LogP contribution in [0.1, 0.15) is 37.8 Å². The van der Waals surface area contributed by atoms with E-state index in [-0.39, 0.29) is 12.0 Å². The van der Waals surface area contributed by atoms with E-state index in [0.717, 1.165) is 11.1 Å². The summed E-state index contributed by atoms with van der Waals surface area (Å²) in [6.45, 7) is 5.55. The first kappa shape index (κ1) is 17.0. The number of hydrogen-bond acceptors (Lipinski definition) is 2. The molecule has 0 heterocycles. The first-order chi connectivity index (χ1) is 9.23. The maximum absolute atomic E-state index is 12.5. The minimum absolute atomic E-state index is 0.153. The average molecular weight is 288 g/mol. The van der Waals surface area contributed by atoms with Crippen molar-refractivity contribution in [3.8, 4) is 0 Å². The van der Waals surface area contributed by atoms with Gasteiger partial charge in [-0.2, -0.15) is 13.2 Å². The standard InChI is InChI=1S/C15H23F3N2/c1-11(2)20(10-15(16,17)18)9-13-4-6-14(7-5-13)12(3)8-19/h4-7,11-12H,8-10,19H2,1-3H3. The maximum atomic E-state index is 12.5. The molecule has 0 spiro atoms. The van der Waals surface area contributed by atoms with Crippen LogP contribution in [-0.2, 0) is 6.54 Å². The van der Waals surface area contributed by atoms with E-state index in [0.29, 0.717) is 13.1 Å². The van der Waals surface area contributed by atoms with Crippen molar-refractivity contribution in [2.75, 3.05) is 13.1 Å². The fraction of sp³-hybridized carbons (Fsp3) is 0.600. The van der Waals surface area contributed by atoms with Crippen LogP contribution in [0.3, 0.4) is 0 Å². The third-order valence-electron chi connectivity index (χ3n) is 3.40. The molecule has 0 bridgehead atoms. The van der Waals surface area contributed by atoms with Crippen LogP contribution in [0.15, 0.2) is 24.3 Å². The molecule has 1 unspecified atom stereocenters. The van der Waals surface area contributed by atoms with E-state index >= 15 is 0 Å². The topological polar surface area (TPSA) is 29.3 Å². The van der Waals surface area contributed by atoms with Gasteiger partial charge in [-0.3, -0.25) is 4.90 Å². The number of rotatable bonds is 6. The largest absolute Gasteiger partial charge is 0.401 e. The van der Waals surface area contributed by atoms with Gasteiger partial charge in [0.25, 0.3) is 0 Å². The number of nitrogens with two attached hydrogens (primary N) is 1. The highest BCUT2D eigenvalue weighted by Gasteiger charge is 2.31. The minimum Gasteiger partial charge on any atom is -0.330 e. The van der Waals surface area contributed by atoms with Crippen molar-refractivity contribution in [3.63, 3.8) is 0 Å². The Hall–Kier alpha value is -1.07. The van der Waals surface area contributed by atoms with Crippen LogP contribution in [0, 0.1) is 0 Å². The van der Waals surface area contributed by atoms with Gasteiger partial charge in [0.15, 0.2) is 0 Å². The van der Waals surface area contributed by atoms with Crippen LogP contribution < -0.4 is 5.73 Å². The molecule has 0 fully saturated rings. The quantitative estimate of drug-likeness (QED) is 0.868. The number of alkyl halides is 3. The molecule has 0 aliphatic rings. The summed E-state index contributed by atoms with van der Waals surface area (Å²) in [5, 5.41) is 0. The van der Waals surface area contributed by atoms with Crippen molar-refractivity contribution in [3.05, 3.63) is 35.4 Å². The van der Waals surface area contributed by atoms with Gasteiger partial charge in [-0.05, 0) is 37.4 Å². The summed E-state index contributed by atoms with van der Waals surface area (Å²) in [7, 11) is 0. The molecule has 0 aliphatic carbocycles. The van der Waals surface area contributed by atoms with E-state index in [1.807, 2.05) is 31.2 Å². The second kappa shape index (κ2) is 7.09. The molecule has 0 amide bonds. The van der Waals surface area contributed by atoms with Crippen molar-refractivity contribution in [2.45, 2.75) is 45.5 Å². The Morgan fingerprint density at radius 2 is 1.65 bits per heavy atom. The van der Waals surface area contributed by atoms with E-state index in [2.05, 4.69) is 0 Å². The molecule has 1 atom stereocenters. The zero-order valence-corrected chi connectivity index (χ0v) is 12.2. The van der Waals surface area contributed by atoms with Gasteiger partial charge in [-0.25, -0.2) is 0 Å². The molecule has 2 N–H and O–H groups in total. The lowest BCUT2D eigenvalue weighted by Gasteiger charge is -2.27. The monoisotopic (exact) mass is 288 g/mol. The molecule has 20 heavy (non-hydrogen) atoms. The van der Waals surface area contributed by atoms with E-state index in [4.69, 9.17) is 5.73 Å². The van der Waals surface area contributed by atoms with Crippen LogP contribution in [0.2, 0.25) is 0 Å². The Morgan fingerprint density at radius 1 is 1.10 bits per heavy atom. The Bertz CT molecular complexity index is 399. The molecular weight excluding hydrogens is 265 g/mol. The van der Waals surface area contributed by atoms with Crippen molar-refractivity contribution in [1.82, 2.24) is 4.90 Å². The van der Waals surface area contributed by atoms with Crippen LogP contribution in [0.4, 0.5) is 13.2 Å². The summed E-state index contributed by atoms with van der Waals surface area (Å²) in [4.78, 5) is 1.42. The lowest BCUT2D eigenvalue weighted by molar-refractivity contribution is -0.150.